The van der Waals surface area contributed by atoms with E-state index >= 15 is 0 Å². The normalized spacial score (nSPS) is 22.7. The Hall–Kier alpha value is -0.970. The molecule has 2 atom stereocenters. The van der Waals surface area contributed by atoms with Crippen molar-refractivity contribution in [2.24, 2.45) is 11.7 Å². The van der Waals surface area contributed by atoms with E-state index in [-0.39, 0.29) is 11.4 Å². The van der Waals surface area contributed by atoms with Gasteiger partial charge in [0.1, 0.15) is 5.82 Å². The Bertz CT molecular complexity index is 420. The van der Waals surface area contributed by atoms with Gasteiger partial charge in [-0.25, -0.2) is 4.39 Å². The van der Waals surface area contributed by atoms with E-state index in [0.29, 0.717) is 24.6 Å². The summed E-state index contributed by atoms with van der Waals surface area (Å²) in [5.74, 6) is 0.255. The first kappa shape index (κ1) is 14.4. The maximum Gasteiger partial charge on any atom is 0.127 e. The number of hydrogen-bond donors (Lipinski definition) is 1. The summed E-state index contributed by atoms with van der Waals surface area (Å²) in [5.41, 5.74) is 6.55. The average Bonchev–Trinajstić information content (AvgIpc) is 2.95. The summed E-state index contributed by atoms with van der Waals surface area (Å²) in [6, 6.07) is 6.91. The molecule has 1 aliphatic heterocycles. The Morgan fingerprint density at radius 2 is 2.21 bits per heavy atom. The van der Waals surface area contributed by atoms with Gasteiger partial charge >= 0.3 is 0 Å². The fourth-order valence-electron chi connectivity index (χ4n) is 2.72. The van der Waals surface area contributed by atoms with Crippen LogP contribution in [0.15, 0.2) is 24.3 Å². The molecule has 0 aromatic heterocycles. The fraction of sp³-hybridized carbons (Fsp3) is 0.600. The molecule has 1 aromatic carbocycles. The summed E-state index contributed by atoms with van der Waals surface area (Å²) < 4.78 is 19.2. The predicted molar refractivity (Wildman–Crippen MR) is 74.3 cm³/mol. The maximum absolute atomic E-state index is 13.7. The van der Waals surface area contributed by atoms with Crippen LogP contribution in [0.2, 0.25) is 0 Å². The van der Waals surface area contributed by atoms with Crippen molar-refractivity contribution in [3.8, 4) is 0 Å². The van der Waals surface area contributed by atoms with Crippen LogP contribution in [-0.4, -0.2) is 37.2 Å². The van der Waals surface area contributed by atoms with Gasteiger partial charge in [-0.05, 0) is 26.5 Å². The first-order valence-corrected chi connectivity index (χ1v) is 6.80. The van der Waals surface area contributed by atoms with E-state index in [2.05, 4.69) is 11.8 Å². The van der Waals surface area contributed by atoms with E-state index < -0.39 is 0 Å². The number of rotatable bonds is 5. The van der Waals surface area contributed by atoms with Gasteiger partial charge in [-0.2, -0.15) is 0 Å². The summed E-state index contributed by atoms with van der Waals surface area (Å²) >= 11 is 0. The quantitative estimate of drug-likeness (QED) is 0.886. The Morgan fingerprint density at radius 3 is 2.79 bits per heavy atom. The van der Waals surface area contributed by atoms with Crippen LogP contribution in [0.4, 0.5) is 4.39 Å². The molecule has 1 saturated heterocycles. The Kier molecular flexibility index (Phi) is 4.55. The second kappa shape index (κ2) is 5.99. The molecule has 0 radical (unpaired) electrons. The van der Waals surface area contributed by atoms with E-state index in [1.807, 2.05) is 19.2 Å². The summed E-state index contributed by atoms with van der Waals surface area (Å²) in [7, 11) is 2.01. The van der Waals surface area contributed by atoms with E-state index in [1.54, 1.807) is 6.07 Å². The van der Waals surface area contributed by atoms with Crippen LogP contribution >= 0.6 is 0 Å². The highest BCUT2D eigenvalue weighted by atomic mass is 19.1. The molecule has 0 amide bonds. The zero-order chi connectivity index (χ0) is 13.9. The van der Waals surface area contributed by atoms with Crippen molar-refractivity contribution < 1.29 is 9.13 Å². The molecule has 4 heteroatoms. The number of likely N-dealkylation sites (N-methyl/N-ethyl adjacent to an activating group) is 1. The number of ether oxygens (including phenoxy) is 1. The third-order valence-electron chi connectivity index (χ3n) is 4.46. The van der Waals surface area contributed by atoms with Crippen LogP contribution in [0.5, 0.6) is 0 Å². The van der Waals surface area contributed by atoms with Crippen molar-refractivity contribution in [3.63, 3.8) is 0 Å². The van der Waals surface area contributed by atoms with E-state index in [1.165, 1.54) is 6.07 Å². The van der Waals surface area contributed by atoms with E-state index in [9.17, 15) is 4.39 Å². The van der Waals surface area contributed by atoms with Crippen molar-refractivity contribution >= 4 is 0 Å². The first-order chi connectivity index (χ1) is 9.08. The SMILES string of the molecule is CN(Cc1ccccc1F)C(C)(CN)C1CCOC1. The van der Waals surface area contributed by atoms with Crippen molar-refractivity contribution in [2.75, 3.05) is 26.8 Å². The molecule has 2 rings (SSSR count). The zero-order valence-electron chi connectivity index (χ0n) is 11.7. The van der Waals surface area contributed by atoms with Crippen molar-refractivity contribution in [1.82, 2.24) is 4.90 Å². The highest BCUT2D eigenvalue weighted by Crippen LogP contribution is 2.31. The molecular weight excluding hydrogens is 243 g/mol. The largest absolute Gasteiger partial charge is 0.381 e. The minimum absolute atomic E-state index is 0.154. The van der Waals surface area contributed by atoms with Crippen LogP contribution in [0.3, 0.4) is 0 Å². The molecule has 2 N–H and O–H groups in total. The highest BCUT2D eigenvalue weighted by Gasteiger charge is 2.39. The molecule has 1 heterocycles. The third kappa shape index (κ3) is 2.96. The zero-order valence-corrected chi connectivity index (χ0v) is 11.7. The first-order valence-electron chi connectivity index (χ1n) is 6.80. The van der Waals surface area contributed by atoms with Gasteiger partial charge in [0, 0.05) is 36.7 Å². The van der Waals surface area contributed by atoms with Crippen LogP contribution in [-0.2, 0) is 11.3 Å². The molecule has 1 aliphatic rings. The minimum atomic E-state index is -0.156. The van der Waals surface area contributed by atoms with Crippen molar-refractivity contribution in [3.05, 3.63) is 35.6 Å². The monoisotopic (exact) mass is 266 g/mol. The van der Waals surface area contributed by atoms with E-state index in [4.69, 9.17) is 10.5 Å². The molecule has 0 bridgehead atoms. The van der Waals surface area contributed by atoms with Gasteiger partial charge in [0.15, 0.2) is 0 Å². The molecular formula is C15H23FN2O. The second-order valence-corrected chi connectivity index (χ2v) is 5.57. The van der Waals surface area contributed by atoms with E-state index in [0.717, 1.165) is 19.6 Å². The number of halogens is 1. The lowest BCUT2D eigenvalue weighted by atomic mass is 9.83. The number of nitrogens with two attached hydrogens (primary N) is 1. The summed E-state index contributed by atoms with van der Waals surface area (Å²) in [4.78, 5) is 2.16. The lowest BCUT2D eigenvalue weighted by molar-refractivity contribution is 0.0601. The smallest absolute Gasteiger partial charge is 0.127 e. The van der Waals surface area contributed by atoms with Crippen LogP contribution < -0.4 is 5.73 Å². The molecule has 2 unspecified atom stereocenters. The summed E-state index contributed by atoms with van der Waals surface area (Å²) in [6.07, 6.45) is 1.02. The summed E-state index contributed by atoms with van der Waals surface area (Å²) in [5, 5.41) is 0. The van der Waals surface area contributed by atoms with Crippen molar-refractivity contribution in [1.29, 1.82) is 0 Å². The Morgan fingerprint density at radius 1 is 1.47 bits per heavy atom. The molecule has 106 valence electrons. The molecule has 1 fully saturated rings. The molecule has 3 nitrogen and oxygen atoms in total. The topological polar surface area (TPSA) is 38.5 Å². The van der Waals surface area contributed by atoms with Gasteiger partial charge in [0.2, 0.25) is 0 Å². The predicted octanol–water partition coefficient (Wildman–Crippen LogP) is 2.01. The number of hydrogen-bond acceptors (Lipinski definition) is 3. The van der Waals surface area contributed by atoms with Gasteiger partial charge in [-0.1, -0.05) is 18.2 Å². The summed E-state index contributed by atoms with van der Waals surface area (Å²) in [6.45, 7) is 4.80. The number of nitrogens with zero attached hydrogens (tertiary/aromatic N) is 1. The molecule has 0 aliphatic carbocycles. The van der Waals surface area contributed by atoms with Gasteiger partial charge in [0.25, 0.3) is 0 Å². The van der Waals surface area contributed by atoms with Crippen LogP contribution in [0.25, 0.3) is 0 Å². The van der Waals surface area contributed by atoms with Crippen molar-refractivity contribution in [2.45, 2.75) is 25.4 Å². The van der Waals surface area contributed by atoms with Gasteiger partial charge in [0.05, 0.1) is 6.61 Å². The molecule has 0 spiro atoms. The standard InChI is InChI=1S/C15H23FN2O/c1-15(11-17,13-7-8-19-10-13)18(2)9-12-5-3-4-6-14(12)16/h3-6,13H,7-11,17H2,1-2H3. The van der Waals surface area contributed by atoms with Crippen LogP contribution in [0, 0.1) is 11.7 Å². The fourth-order valence-corrected chi connectivity index (χ4v) is 2.72. The number of benzene rings is 1. The maximum atomic E-state index is 13.7. The lowest BCUT2D eigenvalue weighted by Crippen LogP contribution is -2.54. The van der Waals surface area contributed by atoms with Crippen LogP contribution in [0.1, 0.15) is 18.9 Å². The molecule has 1 aromatic rings. The second-order valence-electron chi connectivity index (χ2n) is 5.57. The minimum Gasteiger partial charge on any atom is -0.381 e. The van der Waals surface area contributed by atoms with Gasteiger partial charge < -0.3 is 10.5 Å². The Labute approximate surface area is 114 Å². The molecule has 0 saturated carbocycles. The highest BCUT2D eigenvalue weighted by molar-refractivity contribution is 5.17. The van der Waals surface area contributed by atoms with Gasteiger partial charge in [-0.3, -0.25) is 4.90 Å². The third-order valence-corrected chi connectivity index (χ3v) is 4.46. The Balaban J connectivity index is 2.12. The molecule has 19 heavy (non-hydrogen) atoms. The van der Waals surface area contributed by atoms with Gasteiger partial charge in [-0.15, -0.1) is 0 Å². The lowest BCUT2D eigenvalue weighted by Gasteiger charge is -2.42. The average molecular weight is 266 g/mol.